The normalized spacial score (nSPS) is 11.6. The van der Waals surface area contributed by atoms with Gasteiger partial charge in [0.2, 0.25) is 0 Å². The summed E-state index contributed by atoms with van der Waals surface area (Å²) in [6.07, 6.45) is 0.0997. The summed E-state index contributed by atoms with van der Waals surface area (Å²) in [5.41, 5.74) is 1.13. The summed E-state index contributed by atoms with van der Waals surface area (Å²) in [6.45, 7) is 2.34. The van der Waals surface area contributed by atoms with Crippen molar-refractivity contribution in [3.8, 4) is 6.07 Å². The Hall–Kier alpha value is -1.73. The molecule has 0 saturated heterocycles. The molecule has 5 heteroatoms. The molecule has 0 spiro atoms. The van der Waals surface area contributed by atoms with Crippen LogP contribution in [0.5, 0.6) is 0 Å². The van der Waals surface area contributed by atoms with Gasteiger partial charge in [0.1, 0.15) is 6.07 Å². The van der Waals surface area contributed by atoms with Gasteiger partial charge in [-0.25, -0.2) is 0 Å². The molecule has 17 heavy (non-hydrogen) atoms. The second kappa shape index (κ2) is 6.12. The molecule has 1 rings (SSSR count). The maximum atomic E-state index is 10.5. The number of carboxylic acid groups (broad SMARTS) is 1. The van der Waals surface area contributed by atoms with Gasteiger partial charge in [-0.1, -0.05) is 18.5 Å². The van der Waals surface area contributed by atoms with Crippen molar-refractivity contribution in [1.82, 2.24) is 0 Å². The number of hydrogen-bond donors (Lipinski definition) is 2. The molecule has 0 aliphatic carbocycles. The maximum Gasteiger partial charge on any atom is 0.303 e. The van der Waals surface area contributed by atoms with Crippen molar-refractivity contribution in [2.45, 2.75) is 13.3 Å². The van der Waals surface area contributed by atoms with Crippen LogP contribution >= 0.6 is 11.6 Å². The number of aliphatic carboxylic acids is 1. The van der Waals surface area contributed by atoms with Crippen LogP contribution < -0.4 is 5.32 Å². The average molecular weight is 253 g/mol. The zero-order valence-electron chi connectivity index (χ0n) is 9.40. The lowest BCUT2D eigenvalue weighted by Crippen LogP contribution is -2.15. The summed E-state index contributed by atoms with van der Waals surface area (Å²) in [5, 5.41) is 21.1. The third-order valence-corrected chi connectivity index (χ3v) is 2.50. The number of carbonyl (C=O) groups is 1. The van der Waals surface area contributed by atoms with Crippen LogP contribution in [0.1, 0.15) is 18.9 Å². The highest BCUT2D eigenvalue weighted by atomic mass is 35.5. The van der Waals surface area contributed by atoms with E-state index in [0.717, 1.165) is 0 Å². The quantitative estimate of drug-likeness (QED) is 0.845. The molecule has 1 aromatic carbocycles. The number of rotatable bonds is 5. The van der Waals surface area contributed by atoms with Crippen LogP contribution in [0, 0.1) is 17.2 Å². The standard InChI is InChI=1S/C12H13ClN2O2/c1-8(4-12(16)17)7-15-11-3-2-10(13)5-9(11)6-14/h2-3,5,8,15H,4,7H2,1H3,(H,16,17). The molecule has 0 saturated carbocycles. The topological polar surface area (TPSA) is 73.1 Å². The fourth-order valence-corrected chi connectivity index (χ4v) is 1.59. The Labute approximate surface area is 105 Å². The second-order valence-electron chi connectivity index (χ2n) is 3.89. The summed E-state index contributed by atoms with van der Waals surface area (Å²) in [6, 6.07) is 7.02. The monoisotopic (exact) mass is 252 g/mol. The van der Waals surface area contributed by atoms with Crippen LogP contribution in [0.3, 0.4) is 0 Å². The van der Waals surface area contributed by atoms with E-state index in [2.05, 4.69) is 5.32 Å². The molecule has 0 fully saturated rings. The van der Waals surface area contributed by atoms with Gasteiger partial charge in [0.25, 0.3) is 0 Å². The van der Waals surface area contributed by atoms with Crippen LogP contribution in [0.2, 0.25) is 5.02 Å². The summed E-state index contributed by atoms with van der Waals surface area (Å²) in [4.78, 5) is 10.5. The first kappa shape index (κ1) is 13.3. The molecular formula is C12H13ClN2O2. The van der Waals surface area contributed by atoms with Crippen molar-refractivity contribution in [3.05, 3.63) is 28.8 Å². The molecule has 90 valence electrons. The van der Waals surface area contributed by atoms with Crippen molar-refractivity contribution in [3.63, 3.8) is 0 Å². The van der Waals surface area contributed by atoms with Gasteiger partial charge < -0.3 is 10.4 Å². The fourth-order valence-electron chi connectivity index (χ4n) is 1.42. The van der Waals surface area contributed by atoms with Crippen LogP contribution in [0.25, 0.3) is 0 Å². The molecule has 0 heterocycles. The van der Waals surface area contributed by atoms with Gasteiger partial charge in [0.05, 0.1) is 11.3 Å². The summed E-state index contributed by atoms with van der Waals surface area (Å²) in [7, 11) is 0. The smallest absolute Gasteiger partial charge is 0.303 e. The fraction of sp³-hybridized carbons (Fsp3) is 0.333. The SMILES string of the molecule is CC(CNc1ccc(Cl)cc1C#N)CC(=O)O. The highest BCUT2D eigenvalue weighted by Gasteiger charge is 2.08. The van der Waals surface area contributed by atoms with Crippen molar-refractivity contribution in [2.75, 3.05) is 11.9 Å². The molecule has 1 aromatic rings. The molecule has 2 N–H and O–H groups in total. The molecule has 1 unspecified atom stereocenters. The molecule has 0 amide bonds. The zero-order chi connectivity index (χ0) is 12.8. The molecule has 0 aliphatic heterocycles. The van der Waals surface area contributed by atoms with Crippen molar-refractivity contribution in [1.29, 1.82) is 5.26 Å². The largest absolute Gasteiger partial charge is 0.481 e. The average Bonchev–Trinajstić information content (AvgIpc) is 2.26. The second-order valence-corrected chi connectivity index (χ2v) is 4.32. The van der Waals surface area contributed by atoms with E-state index in [1.54, 1.807) is 18.2 Å². The van der Waals surface area contributed by atoms with E-state index in [1.165, 1.54) is 0 Å². The van der Waals surface area contributed by atoms with Gasteiger partial charge in [-0.15, -0.1) is 0 Å². The lowest BCUT2D eigenvalue weighted by atomic mass is 10.1. The minimum atomic E-state index is -0.823. The molecule has 0 aromatic heterocycles. The molecule has 1 atom stereocenters. The number of halogens is 1. The number of nitriles is 1. The molecule has 0 bridgehead atoms. The number of nitrogens with zero attached hydrogens (tertiary/aromatic N) is 1. The van der Waals surface area contributed by atoms with Crippen LogP contribution in [-0.2, 0) is 4.79 Å². The number of hydrogen-bond acceptors (Lipinski definition) is 3. The van der Waals surface area contributed by atoms with E-state index in [0.29, 0.717) is 22.8 Å². The Bertz CT molecular complexity index is 454. The van der Waals surface area contributed by atoms with Gasteiger partial charge in [0, 0.05) is 18.0 Å². The highest BCUT2D eigenvalue weighted by Crippen LogP contribution is 2.20. The Morgan fingerprint density at radius 1 is 1.65 bits per heavy atom. The van der Waals surface area contributed by atoms with Gasteiger partial charge in [-0.05, 0) is 24.1 Å². The van der Waals surface area contributed by atoms with Crippen LogP contribution in [-0.4, -0.2) is 17.6 Å². The minimum Gasteiger partial charge on any atom is -0.481 e. The maximum absolute atomic E-state index is 10.5. The van der Waals surface area contributed by atoms with Crippen LogP contribution in [0.4, 0.5) is 5.69 Å². The van der Waals surface area contributed by atoms with Crippen molar-refractivity contribution in [2.24, 2.45) is 5.92 Å². The molecule has 0 radical (unpaired) electrons. The number of anilines is 1. The van der Waals surface area contributed by atoms with Gasteiger partial charge in [-0.2, -0.15) is 5.26 Å². The Morgan fingerprint density at radius 2 is 2.35 bits per heavy atom. The van der Waals surface area contributed by atoms with E-state index in [1.807, 2.05) is 13.0 Å². The van der Waals surface area contributed by atoms with E-state index < -0.39 is 5.97 Å². The van der Waals surface area contributed by atoms with Crippen molar-refractivity contribution < 1.29 is 9.90 Å². The van der Waals surface area contributed by atoms with Crippen molar-refractivity contribution >= 4 is 23.3 Å². The van der Waals surface area contributed by atoms with Crippen LogP contribution in [0.15, 0.2) is 18.2 Å². The Balaban J connectivity index is 2.63. The summed E-state index contributed by atoms with van der Waals surface area (Å²) >= 11 is 5.77. The van der Waals surface area contributed by atoms with E-state index >= 15 is 0 Å². The number of nitrogens with one attached hydrogen (secondary N) is 1. The lowest BCUT2D eigenvalue weighted by Gasteiger charge is -2.12. The molecular weight excluding hydrogens is 240 g/mol. The lowest BCUT2D eigenvalue weighted by molar-refractivity contribution is -0.137. The predicted octanol–water partition coefficient (Wildman–Crippen LogP) is 2.73. The molecule has 4 nitrogen and oxygen atoms in total. The van der Waals surface area contributed by atoms with E-state index in [4.69, 9.17) is 22.0 Å². The van der Waals surface area contributed by atoms with Gasteiger partial charge in [-0.3, -0.25) is 4.79 Å². The third-order valence-electron chi connectivity index (χ3n) is 2.27. The zero-order valence-corrected chi connectivity index (χ0v) is 10.2. The van der Waals surface area contributed by atoms with E-state index in [-0.39, 0.29) is 12.3 Å². The number of benzene rings is 1. The first-order valence-electron chi connectivity index (χ1n) is 5.18. The van der Waals surface area contributed by atoms with E-state index in [9.17, 15) is 4.79 Å². The van der Waals surface area contributed by atoms with Gasteiger partial charge >= 0.3 is 5.97 Å². The summed E-state index contributed by atoms with van der Waals surface area (Å²) < 4.78 is 0. The predicted molar refractivity (Wildman–Crippen MR) is 66.1 cm³/mol. The first-order chi connectivity index (χ1) is 8.02. The Kier molecular flexibility index (Phi) is 4.80. The third kappa shape index (κ3) is 4.33. The van der Waals surface area contributed by atoms with Gasteiger partial charge in [0.15, 0.2) is 0 Å². The first-order valence-corrected chi connectivity index (χ1v) is 5.56. The minimum absolute atomic E-state index is 0.00489. The molecule has 0 aliphatic rings. The number of carboxylic acids is 1. The summed E-state index contributed by atoms with van der Waals surface area (Å²) in [5.74, 6) is -0.828. The Morgan fingerprint density at radius 3 is 2.94 bits per heavy atom. The highest BCUT2D eigenvalue weighted by molar-refractivity contribution is 6.30.